The molecule has 0 radical (unpaired) electrons. The van der Waals surface area contributed by atoms with Crippen LogP contribution in [-0.2, 0) is 4.79 Å². The third-order valence-electron chi connectivity index (χ3n) is 4.12. The Morgan fingerprint density at radius 2 is 1.91 bits per heavy atom. The molecule has 3 rings (SSSR count). The van der Waals surface area contributed by atoms with Crippen molar-refractivity contribution in [3.8, 4) is 5.75 Å². The molecule has 0 aliphatic carbocycles. The number of piperidine rings is 1. The minimum absolute atomic E-state index is 0.0176. The molecule has 1 saturated heterocycles. The number of likely N-dealkylation sites (tertiary alicyclic amines) is 1. The number of carbonyl (C=O) groups excluding carboxylic acids is 1. The molecule has 23 heavy (non-hydrogen) atoms. The molecule has 2 N–H and O–H groups in total. The molecule has 5 nitrogen and oxygen atoms in total. The number of pyridine rings is 1. The number of nitrogens with zero attached hydrogens (tertiary/aromatic N) is 2. The average Bonchev–Trinajstić information content (AvgIpc) is 2.63. The maximum absolute atomic E-state index is 12.5. The van der Waals surface area contributed by atoms with E-state index < -0.39 is 6.04 Å². The van der Waals surface area contributed by atoms with Crippen LogP contribution in [-0.4, -0.2) is 35.0 Å². The van der Waals surface area contributed by atoms with Gasteiger partial charge in [0.25, 0.3) is 0 Å². The molecule has 1 fully saturated rings. The third kappa shape index (κ3) is 3.87. The molecule has 0 bridgehead atoms. The summed E-state index contributed by atoms with van der Waals surface area (Å²) in [6, 6.07) is 12.7. The van der Waals surface area contributed by atoms with Crippen LogP contribution in [0.4, 0.5) is 0 Å². The van der Waals surface area contributed by atoms with Gasteiger partial charge in [-0.25, -0.2) is 0 Å². The minimum Gasteiger partial charge on any atom is -0.489 e. The fourth-order valence-corrected chi connectivity index (χ4v) is 2.80. The van der Waals surface area contributed by atoms with Gasteiger partial charge in [-0.15, -0.1) is 0 Å². The van der Waals surface area contributed by atoms with Crippen molar-refractivity contribution in [2.75, 3.05) is 13.1 Å². The van der Waals surface area contributed by atoms with E-state index in [0.29, 0.717) is 13.1 Å². The highest BCUT2D eigenvalue weighted by atomic mass is 16.5. The van der Waals surface area contributed by atoms with Crippen LogP contribution in [0.2, 0.25) is 0 Å². The molecule has 1 atom stereocenters. The van der Waals surface area contributed by atoms with E-state index >= 15 is 0 Å². The van der Waals surface area contributed by atoms with Crippen LogP contribution in [0, 0.1) is 0 Å². The lowest BCUT2D eigenvalue weighted by molar-refractivity contribution is -0.134. The first-order valence-electron chi connectivity index (χ1n) is 7.90. The standard InChI is InChI=1S/C18H21N3O2/c19-17(14-5-2-1-3-6-14)18(22)21-11-8-15(9-12-21)23-16-7-4-10-20-13-16/h1-7,10,13,15,17H,8-9,11-12,19H2/t17-/m1/s1. The van der Waals surface area contributed by atoms with E-state index in [-0.39, 0.29) is 12.0 Å². The van der Waals surface area contributed by atoms with Gasteiger partial charge in [0.1, 0.15) is 17.9 Å². The van der Waals surface area contributed by atoms with E-state index in [0.717, 1.165) is 24.2 Å². The monoisotopic (exact) mass is 311 g/mol. The number of aromatic nitrogens is 1. The van der Waals surface area contributed by atoms with E-state index in [1.54, 1.807) is 12.4 Å². The van der Waals surface area contributed by atoms with E-state index in [4.69, 9.17) is 10.5 Å². The number of hydrogen-bond donors (Lipinski definition) is 1. The highest BCUT2D eigenvalue weighted by Crippen LogP contribution is 2.20. The van der Waals surface area contributed by atoms with Crippen LogP contribution in [0.25, 0.3) is 0 Å². The highest BCUT2D eigenvalue weighted by Gasteiger charge is 2.27. The van der Waals surface area contributed by atoms with E-state index in [2.05, 4.69) is 4.98 Å². The van der Waals surface area contributed by atoms with Crippen LogP contribution in [0.3, 0.4) is 0 Å². The number of carbonyl (C=O) groups is 1. The average molecular weight is 311 g/mol. The van der Waals surface area contributed by atoms with E-state index in [1.807, 2.05) is 47.4 Å². The van der Waals surface area contributed by atoms with Gasteiger partial charge in [0.05, 0.1) is 6.20 Å². The van der Waals surface area contributed by atoms with E-state index in [1.165, 1.54) is 0 Å². The first-order valence-corrected chi connectivity index (χ1v) is 7.90. The SMILES string of the molecule is N[C@@H](C(=O)N1CCC(Oc2cccnc2)CC1)c1ccccc1. The smallest absolute Gasteiger partial charge is 0.244 e. The Balaban J connectivity index is 1.53. The molecule has 5 heteroatoms. The van der Waals surface area contributed by atoms with Gasteiger partial charge in [0, 0.05) is 32.1 Å². The molecule has 0 saturated carbocycles. The minimum atomic E-state index is -0.591. The lowest BCUT2D eigenvalue weighted by Gasteiger charge is -2.33. The van der Waals surface area contributed by atoms with Crippen LogP contribution in [0.1, 0.15) is 24.4 Å². The molecule has 1 aromatic carbocycles. The normalized spacial score (nSPS) is 16.8. The van der Waals surface area contributed by atoms with Gasteiger partial charge in [-0.3, -0.25) is 9.78 Å². The van der Waals surface area contributed by atoms with Gasteiger partial charge < -0.3 is 15.4 Å². The van der Waals surface area contributed by atoms with Gasteiger partial charge in [-0.2, -0.15) is 0 Å². The zero-order valence-electron chi connectivity index (χ0n) is 13.0. The van der Waals surface area contributed by atoms with Crippen molar-refractivity contribution in [3.05, 3.63) is 60.4 Å². The second-order valence-electron chi connectivity index (χ2n) is 5.72. The summed E-state index contributed by atoms with van der Waals surface area (Å²) in [6.07, 6.45) is 5.17. The molecule has 120 valence electrons. The lowest BCUT2D eigenvalue weighted by Crippen LogP contribution is -2.45. The van der Waals surface area contributed by atoms with Crippen molar-refractivity contribution in [2.45, 2.75) is 25.0 Å². The molecule has 2 heterocycles. The third-order valence-corrected chi connectivity index (χ3v) is 4.12. The molecule has 2 aromatic rings. The Morgan fingerprint density at radius 1 is 1.17 bits per heavy atom. The van der Waals surface area contributed by atoms with E-state index in [9.17, 15) is 4.79 Å². The highest BCUT2D eigenvalue weighted by molar-refractivity contribution is 5.83. The first-order chi connectivity index (χ1) is 11.2. The second kappa shape index (κ2) is 7.24. The Hall–Kier alpha value is -2.40. The number of ether oxygens (including phenoxy) is 1. The maximum Gasteiger partial charge on any atom is 0.244 e. The molecule has 1 aliphatic heterocycles. The number of hydrogen-bond acceptors (Lipinski definition) is 4. The van der Waals surface area contributed by atoms with Gasteiger partial charge in [-0.05, 0) is 17.7 Å². The quantitative estimate of drug-likeness (QED) is 0.939. The molecule has 0 spiro atoms. The van der Waals surface area contributed by atoms with Crippen molar-refractivity contribution in [1.82, 2.24) is 9.88 Å². The van der Waals surface area contributed by atoms with Crippen LogP contribution in [0.15, 0.2) is 54.9 Å². The summed E-state index contributed by atoms with van der Waals surface area (Å²) in [5.74, 6) is 0.759. The summed E-state index contributed by atoms with van der Waals surface area (Å²) in [4.78, 5) is 18.4. The van der Waals surface area contributed by atoms with Crippen molar-refractivity contribution in [3.63, 3.8) is 0 Å². The Bertz CT molecular complexity index is 625. The van der Waals surface area contributed by atoms with Crippen molar-refractivity contribution in [2.24, 2.45) is 5.73 Å². The predicted octanol–water partition coefficient (Wildman–Crippen LogP) is 2.15. The number of benzene rings is 1. The first kappa shape index (κ1) is 15.5. The van der Waals surface area contributed by atoms with Crippen LogP contribution < -0.4 is 10.5 Å². The Kier molecular flexibility index (Phi) is 4.88. The zero-order chi connectivity index (χ0) is 16.1. The second-order valence-corrected chi connectivity index (χ2v) is 5.72. The van der Waals surface area contributed by atoms with Crippen molar-refractivity contribution in [1.29, 1.82) is 0 Å². The topological polar surface area (TPSA) is 68.5 Å². The number of amides is 1. The fraction of sp³-hybridized carbons (Fsp3) is 0.333. The molecule has 1 amide bonds. The summed E-state index contributed by atoms with van der Waals surface area (Å²) in [5.41, 5.74) is 6.95. The van der Waals surface area contributed by atoms with Crippen LogP contribution in [0.5, 0.6) is 5.75 Å². The zero-order valence-corrected chi connectivity index (χ0v) is 13.0. The Morgan fingerprint density at radius 3 is 2.57 bits per heavy atom. The van der Waals surface area contributed by atoms with Gasteiger partial charge in [0.2, 0.25) is 5.91 Å². The molecule has 0 unspecified atom stereocenters. The lowest BCUT2D eigenvalue weighted by atomic mass is 10.0. The summed E-state index contributed by atoms with van der Waals surface area (Å²) in [6.45, 7) is 1.34. The predicted molar refractivity (Wildman–Crippen MR) is 87.8 cm³/mol. The summed E-state index contributed by atoms with van der Waals surface area (Å²) in [7, 11) is 0. The summed E-state index contributed by atoms with van der Waals surface area (Å²) in [5, 5.41) is 0. The van der Waals surface area contributed by atoms with Crippen molar-refractivity contribution < 1.29 is 9.53 Å². The molecular formula is C18H21N3O2. The summed E-state index contributed by atoms with van der Waals surface area (Å²) < 4.78 is 5.90. The largest absolute Gasteiger partial charge is 0.489 e. The number of rotatable bonds is 4. The molecular weight excluding hydrogens is 290 g/mol. The maximum atomic E-state index is 12.5. The molecule has 1 aromatic heterocycles. The Labute approximate surface area is 136 Å². The van der Waals surface area contributed by atoms with Crippen molar-refractivity contribution >= 4 is 5.91 Å². The fourth-order valence-electron chi connectivity index (χ4n) is 2.80. The van der Waals surface area contributed by atoms with Crippen LogP contribution >= 0.6 is 0 Å². The van der Waals surface area contributed by atoms with Gasteiger partial charge >= 0.3 is 0 Å². The molecule has 1 aliphatic rings. The van der Waals surface area contributed by atoms with Gasteiger partial charge in [0.15, 0.2) is 0 Å². The van der Waals surface area contributed by atoms with Gasteiger partial charge in [-0.1, -0.05) is 30.3 Å². The number of nitrogens with two attached hydrogens (primary N) is 1. The summed E-state index contributed by atoms with van der Waals surface area (Å²) >= 11 is 0.